The van der Waals surface area contributed by atoms with Crippen LogP contribution in [0.25, 0.3) is 0 Å². The second kappa shape index (κ2) is 54.6. The highest BCUT2D eigenvalue weighted by Gasteiger charge is 2.38. The number of benzene rings is 5. The molecule has 638 valence electrons. The zero-order chi connectivity index (χ0) is 87.1. The summed E-state index contributed by atoms with van der Waals surface area (Å²) in [5.74, 6) is -48.5. The lowest BCUT2D eigenvalue weighted by atomic mass is 9.84. The van der Waals surface area contributed by atoms with Crippen LogP contribution in [0.2, 0.25) is 0 Å². The quantitative estimate of drug-likeness (QED) is 0.00619. The van der Waals surface area contributed by atoms with Gasteiger partial charge in [-0.25, -0.2) is 43.7 Å². The van der Waals surface area contributed by atoms with Crippen molar-refractivity contribution in [2.24, 2.45) is 10.8 Å². The summed E-state index contributed by atoms with van der Waals surface area (Å²) in [5, 5.41) is 26.6. The molecular formula is C74H83F15O24P2. The molecule has 0 spiro atoms. The summed E-state index contributed by atoms with van der Waals surface area (Å²) >= 11 is 0. The molecule has 0 radical (unpaired) electrons. The molecule has 115 heavy (non-hydrogen) atoms. The maximum absolute atomic E-state index is 14.4. The van der Waals surface area contributed by atoms with Gasteiger partial charge in [-0.15, -0.1) is 0 Å². The van der Waals surface area contributed by atoms with Crippen LogP contribution >= 0.6 is 16.8 Å². The number of carbonyl (C=O) groups excluding carboxylic acids is 7. The van der Waals surface area contributed by atoms with Crippen molar-refractivity contribution in [3.63, 3.8) is 0 Å². The minimum Gasteiger partial charge on any atom is -0.481 e. The molecule has 0 saturated heterocycles. The Kier molecular flexibility index (Phi) is 47.4. The molecule has 0 aromatic heterocycles. The van der Waals surface area contributed by atoms with Crippen LogP contribution in [0, 0.1) is 99.2 Å². The largest absolute Gasteiger partial charge is 0.481 e. The van der Waals surface area contributed by atoms with E-state index in [4.69, 9.17) is 54.6 Å². The Hall–Kier alpha value is -9.23. The summed E-state index contributed by atoms with van der Waals surface area (Å²) in [6, 6.07) is 17.6. The van der Waals surface area contributed by atoms with Gasteiger partial charge in [0, 0.05) is 56.3 Å². The van der Waals surface area contributed by atoms with Crippen molar-refractivity contribution >= 4 is 76.2 Å². The predicted octanol–water partition coefficient (Wildman–Crippen LogP) is 14.3. The number of hydrogen-bond acceptors (Lipinski definition) is 21. The number of aliphatic carboxylic acids is 3. The Morgan fingerprint density at radius 1 is 0.365 bits per heavy atom. The van der Waals surface area contributed by atoms with Crippen LogP contribution in [0.15, 0.2) is 60.7 Å². The number of ketones is 2. The van der Waals surface area contributed by atoms with Gasteiger partial charge < -0.3 is 67.4 Å². The fraction of sp³-hybridized carbons (Fsp3) is 0.459. The first-order valence-electron chi connectivity index (χ1n) is 35.0. The number of halogens is 15. The molecule has 0 saturated carbocycles. The van der Waals surface area contributed by atoms with E-state index in [0.717, 1.165) is 12.5 Å². The molecule has 5 aromatic carbocycles. The predicted molar refractivity (Wildman–Crippen MR) is 375 cm³/mol. The Labute approximate surface area is 653 Å². The van der Waals surface area contributed by atoms with Gasteiger partial charge >= 0.3 is 47.8 Å². The lowest BCUT2D eigenvalue weighted by Crippen LogP contribution is -2.40. The number of carboxylic acids is 3. The van der Waals surface area contributed by atoms with E-state index in [1.165, 1.54) is 0 Å². The van der Waals surface area contributed by atoms with Gasteiger partial charge in [0.1, 0.15) is 24.8 Å². The van der Waals surface area contributed by atoms with Gasteiger partial charge in [0.15, 0.2) is 17.4 Å². The number of carboxylic acid groups (broad SMARTS) is 3. The maximum Gasteiger partial charge on any atom is 0.313 e. The zero-order valence-electron chi connectivity index (χ0n) is 62.9. The molecule has 41 heteroatoms. The zero-order valence-corrected chi connectivity index (χ0v) is 63.9. The van der Waals surface area contributed by atoms with E-state index >= 15 is 0 Å². The second-order valence-corrected chi connectivity index (χ2v) is 27.0. The third-order valence-electron chi connectivity index (χ3n) is 15.0. The van der Waals surface area contributed by atoms with Crippen LogP contribution in [0.4, 0.5) is 65.7 Å². The summed E-state index contributed by atoms with van der Waals surface area (Å²) in [4.78, 5) is 121. The van der Waals surface area contributed by atoms with Crippen molar-refractivity contribution in [3.8, 4) is 17.2 Å². The Balaban J connectivity index is 0.000000849. The van der Waals surface area contributed by atoms with E-state index in [9.17, 15) is 114 Å². The maximum atomic E-state index is 14.4. The standard InChI is InChI=1S/C45H36F14O12.C26H36O12.C2H6.CH5FP2/c1-21-28(46)29(47)32(50)37(55)42(21)69-25(62)10-13-65-18-45(16-23(60)8-5-9-24(61)68-17-22-6-3-2-4-7-22,19-66-14-11-26(63)70-43-38(56)33(51)30(48)34(52)39(43)57)20-67-15-12-27(64)71-44-40(58)35(53)31(49)36(54)41(44)59;27-21(7-4-8-25(34)38-16-20-5-2-1-3-6-20)15-26(17-35-12-9-22(28)29,18-36-13-10-23(30)31)19-37-14-11-24(32)33;1-2;1-3-4-2/h2-4,6-7H,5,8-20H2,1H3;1-3,5-6H,4,7-19H2,(H,28,29)(H,30,31)(H,32,33);1-2H3;3-4H,1H3/i;;1D;. The third-order valence-corrected chi connectivity index (χ3v) is 15.8. The van der Waals surface area contributed by atoms with Crippen molar-refractivity contribution in [3.05, 3.63) is 159 Å². The summed E-state index contributed by atoms with van der Waals surface area (Å²) in [7, 11) is 0.170. The lowest BCUT2D eigenvalue weighted by molar-refractivity contribution is -0.146. The van der Waals surface area contributed by atoms with E-state index in [1.807, 2.05) is 37.0 Å². The second-order valence-electron chi connectivity index (χ2n) is 24.2. The SMILES string of the molecule is CPPF.Cc1c(F)c(F)c(F)c(F)c1OC(=O)CCOCC(COCCC(=O)Oc1c(F)c(F)c(F)c(F)c1F)(COCCC(=O)Oc1c(F)c(F)c(F)c(F)c1F)CC(=O)CCCC(=O)OCc1ccccc1.O=C(O)CCOCC(COCCC(=O)O)(COCCC(=O)O)CC(=O)CCCC(=O)OCc1ccccc1.[2H]CC. The van der Waals surface area contributed by atoms with Gasteiger partial charge in [-0.3, -0.25) is 47.9 Å². The summed E-state index contributed by atoms with van der Waals surface area (Å²) in [6.07, 6.45) is -4.97. The fourth-order valence-corrected chi connectivity index (χ4v) is 9.41. The minimum atomic E-state index is -2.56. The van der Waals surface area contributed by atoms with Gasteiger partial charge in [0.05, 0.1) is 126 Å². The molecule has 0 aliphatic carbocycles. The van der Waals surface area contributed by atoms with E-state index < -0.39 is 234 Å². The monoisotopic (exact) mass is 1700 g/mol. The number of carbonyl (C=O) groups is 10. The first-order chi connectivity index (χ1) is 54.9. The molecule has 5 rings (SSSR count). The highest BCUT2D eigenvalue weighted by molar-refractivity contribution is 8.09. The number of rotatable bonds is 50. The molecule has 5 aromatic rings. The van der Waals surface area contributed by atoms with Crippen LogP contribution in [0.1, 0.15) is 122 Å². The third kappa shape index (κ3) is 37.5. The average Bonchev–Trinajstić information content (AvgIpc) is 0.812. The fourth-order valence-electron chi connectivity index (χ4n) is 9.41. The summed E-state index contributed by atoms with van der Waals surface area (Å²) < 4.78 is 268. The highest BCUT2D eigenvalue weighted by atomic mass is 32.0. The lowest BCUT2D eigenvalue weighted by Gasteiger charge is -2.33. The molecule has 2 unspecified atom stereocenters. The molecule has 0 fully saturated rings. The average molecular weight is 1700 g/mol. The Bertz CT molecular complexity index is 3660. The Morgan fingerprint density at radius 3 is 0.878 bits per heavy atom. The Morgan fingerprint density at radius 2 is 0.609 bits per heavy atom. The van der Waals surface area contributed by atoms with Crippen LogP contribution in [0.3, 0.4) is 0 Å². The van der Waals surface area contributed by atoms with Crippen molar-refractivity contribution < 1.29 is 182 Å². The summed E-state index contributed by atoms with van der Waals surface area (Å²) in [5.41, 5.74) is -2.42. The van der Waals surface area contributed by atoms with Gasteiger partial charge in [-0.2, -0.15) is 22.0 Å². The van der Waals surface area contributed by atoms with Crippen LogP contribution in [0.5, 0.6) is 17.2 Å². The van der Waals surface area contributed by atoms with Crippen molar-refractivity contribution in [1.82, 2.24) is 0 Å². The van der Waals surface area contributed by atoms with Crippen molar-refractivity contribution in [1.29, 1.82) is 0 Å². The van der Waals surface area contributed by atoms with E-state index in [0.29, 0.717) is 20.7 Å². The van der Waals surface area contributed by atoms with Gasteiger partial charge in [0.2, 0.25) is 81.3 Å². The van der Waals surface area contributed by atoms with Crippen molar-refractivity contribution in [2.75, 3.05) is 85.9 Å². The molecule has 0 amide bonds. The van der Waals surface area contributed by atoms with Crippen LogP contribution in [-0.4, -0.2) is 161 Å². The number of ether oxygens (including phenoxy) is 11. The van der Waals surface area contributed by atoms with Gasteiger partial charge in [-0.1, -0.05) is 82.8 Å². The number of esters is 5. The van der Waals surface area contributed by atoms with E-state index in [-0.39, 0.29) is 131 Å². The number of Topliss-reactive ketones (excluding diaryl/α,β-unsaturated/α-hetero) is 2. The first-order valence-corrected chi connectivity index (χ1v) is 37.7. The van der Waals surface area contributed by atoms with Gasteiger partial charge in [-0.05, 0) is 37.6 Å². The number of hydrogen-bond donors (Lipinski definition) is 3. The van der Waals surface area contributed by atoms with Crippen molar-refractivity contribution in [2.45, 2.75) is 124 Å². The molecule has 0 aliphatic rings. The molecule has 0 aliphatic heterocycles. The molecule has 0 bridgehead atoms. The van der Waals surface area contributed by atoms with Crippen LogP contribution < -0.4 is 14.2 Å². The molecule has 2 atom stereocenters. The topological polar surface area (TPSA) is 333 Å². The van der Waals surface area contributed by atoms with Crippen LogP contribution in [-0.2, 0) is 99.1 Å². The summed E-state index contributed by atoms with van der Waals surface area (Å²) in [6.45, 7) is -0.609. The molecule has 0 heterocycles. The molecule has 3 N–H and O–H groups in total. The van der Waals surface area contributed by atoms with E-state index in [1.54, 1.807) is 37.3 Å². The molecular weight excluding hydrogens is 1620 g/mol. The minimum absolute atomic E-state index is 0.0326. The van der Waals surface area contributed by atoms with E-state index in [2.05, 4.69) is 14.2 Å². The smallest absolute Gasteiger partial charge is 0.313 e. The first kappa shape index (κ1) is 100.0. The normalized spacial score (nSPS) is 11.4. The highest BCUT2D eigenvalue weighted by Crippen LogP contribution is 2.35. The molecule has 24 nitrogen and oxygen atoms in total. The van der Waals surface area contributed by atoms with Gasteiger partial charge in [0.25, 0.3) is 0 Å².